The Labute approximate surface area is 115 Å². The number of carboxylic acid groups (broad SMARTS) is 1. The van der Waals surface area contributed by atoms with E-state index in [1.54, 1.807) is 0 Å². The van der Waals surface area contributed by atoms with Gasteiger partial charge in [0.1, 0.15) is 11.8 Å². The van der Waals surface area contributed by atoms with Gasteiger partial charge in [0.2, 0.25) is 0 Å². The lowest BCUT2D eigenvalue weighted by Gasteiger charge is -2.33. The summed E-state index contributed by atoms with van der Waals surface area (Å²) >= 11 is 5.76. The molecular formula is C13H14ClNO4. The Morgan fingerprint density at radius 2 is 2.05 bits per heavy atom. The molecule has 1 aliphatic heterocycles. The van der Waals surface area contributed by atoms with Crippen LogP contribution in [0.3, 0.4) is 0 Å². The summed E-state index contributed by atoms with van der Waals surface area (Å²) in [5.74, 6) is -1.46. The summed E-state index contributed by atoms with van der Waals surface area (Å²) in [6, 6.07) is 3.34. The molecule has 1 atom stereocenters. The van der Waals surface area contributed by atoms with Crippen LogP contribution in [-0.2, 0) is 4.79 Å². The van der Waals surface area contributed by atoms with Crippen molar-refractivity contribution in [2.24, 2.45) is 0 Å². The lowest BCUT2D eigenvalue weighted by atomic mass is 10.0. The van der Waals surface area contributed by atoms with Crippen LogP contribution in [0.15, 0.2) is 18.2 Å². The number of aliphatic carboxylic acids is 1. The van der Waals surface area contributed by atoms with E-state index in [0.29, 0.717) is 13.0 Å². The maximum atomic E-state index is 12.3. The van der Waals surface area contributed by atoms with Crippen molar-refractivity contribution in [3.63, 3.8) is 0 Å². The summed E-state index contributed by atoms with van der Waals surface area (Å²) in [7, 11) is 0. The summed E-state index contributed by atoms with van der Waals surface area (Å²) in [5, 5.41) is 18.5. The van der Waals surface area contributed by atoms with Gasteiger partial charge >= 0.3 is 5.97 Å². The summed E-state index contributed by atoms with van der Waals surface area (Å²) in [6.45, 7) is 0.425. The molecule has 0 spiro atoms. The summed E-state index contributed by atoms with van der Waals surface area (Å²) < 4.78 is 0. The molecule has 0 bridgehead atoms. The van der Waals surface area contributed by atoms with Crippen molar-refractivity contribution < 1.29 is 19.8 Å². The zero-order valence-electron chi connectivity index (χ0n) is 10.2. The highest BCUT2D eigenvalue weighted by molar-refractivity contribution is 6.32. The number of phenols is 1. The monoisotopic (exact) mass is 283 g/mol. The quantitative estimate of drug-likeness (QED) is 0.871. The summed E-state index contributed by atoms with van der Waals surface area (Å²) in [6.07, 6.45) is 2.06. The van der Waals surface area contributed by atoms with Gasteiger partial charge in [-0.25, -0.2) is 4.79 Å². The molecule has 0 radical (unpaired) electrons. The van der Waals surface area contributed by atoms with Gasteiger partial charge in [0.05, 0.1) is 5.02 Å². The number of amides is 1. The second kappa shape index (κ2) is 5.48. The number of rotatable bonds is 2. The molecule has 1 heterocycles. The van der Waals surface area contributed by atoms with Gasteiger partial charge < -0.3 is 15.1 Å². The number of phenolic OH excluding ortho intramolecular Hbond substituents is 1. The minimum absolute atomic E-state index is 0.0785. The van der Waals surface area contributed by atoms with Crippen molar-refractivity contribution in [2.75, 3.05) is 6.54 Å². The fraction of sp³-hybridized carbons (Fsp3) is 0.385. The van der Waals surface area contributed by atoms with E-state index in [1.807, 2.05) is 0 Å². The molecule has 19 heavy (non-hydrogen) atoms. The van der Waals surface area contributed by atoms with Gasteiger partial charge in [0.25, 0.3) is 5.91 Å². The molecule has 6 heteroatoms. The summed E-state index contributed by atoms with van der Waals surface area (Å²) in [5.41, 5.74) is 0.288. The molecular weight excluding hydrogens is 270 g/mol. The molecule has 1 aromatic carbocycles. The first kappa shape index (κ1) is 13.7. The third kappa shape index (κ3) is 2.81. The minimum Gasteiger partial charge on any atom is -0.506 e. The highest BCUT2D eigenvalue weighted by Crippen LogP contribution is 2.26. The standard InChI is InChI=1S/C13H14ClNO4/c14-9-7-8(4-5-11(9)16)12(17)15-6-2-1-3-10(15)13(18)19/h4-5,7,10,16H,1-3,6H2,(H,18,19)/t10-/m0/s1. The van der Waals surface area contributed by atoms with Crippen molar-refractivity contribution in [1.82, 2.24) is 4.90 Å². The number of likely N-dealkylation sites (tertiary alicyclic amines) is 1. The van der Waals surface area contributed by atoms with Crippen LogP contribution in [0.2, 0.25) is 5.02 Å². The first-order valence-electron chi connectivity index (χ1n) is 6.03. The molecule has 0 aliphatic carbocycles. The highest BCUT2D eigenvalue weighted by atomic mass is 35.5. The first-order chi connectivity index (χ1) is 9.00. The molecule has 1 amide bonds. The number of nitrogens with zero attached hydrogens (tertiary/aromatic N) is 1. The van der Waals surface area contributed by atoms with Crippen LogP contribution in [0.25, 0.3) is 0 Å². The Balaban J connectivity index is 2.26. The number of hydrogen-bond donors (Lipinski definition) is 2. The Bertz CT molecular complexity index is 517. The molecule has 1 fully saturated rings. The minimum atomic E-state index is -0.988. The second-order valence-electron chi connectivity index (χ2n) is 4.51. The van der Waals surface area contributed by atoms with Crippen molar-refractivity contribution in [3.8, 4) is 5.75 Å². The molecule has 2 rings (SSSR count). The highest BCUT2D eigenvalue weighted by Gasteiger charge is 2.32. The SMILES string of the molecule is O=C(O)[C@@H]1CCCCN1C(=O)c1ccc(O)c(Cl)c1. The van der Waals surface area contributed by atoms with E-state index in [9.17, 15) is 14.7 Å². The van der Waals surface area contributed by atoms with Crippen molar-refractivity contribution in [3.05, 3.63) is 28.8 Å². The van der Waals surface area contributed by atoms with E-state index < -0.39 is 12.0 Å². The van der Waals surface area contributed by atoms with Crippen LogP contribution < -0.4 is 0 Å². The molecule has 0 aromatic heterocycles. The predicted molar refractivity (Wildman–Crippen MR) is 69.4 cm³/mol. The van der Waals surface area contributed by atoms with Crippen LogP contribution in [0.4, 0.5) is 0 Å². The molecule has 0 unspecified atom stereocenters. The molecule has 2 N–H and O–H groups in total. The van der Waals surface area contributed by atoms with Crippen LogP contribution in [0.5, 0.6) is 5.75 Å². The fourth-order valence-electron chi connectivity index (χ4n) is 2.24. The zero-order chi connectivity index (χ0) is 14.0. The number of halogens is 1. The molecule has 1 saturated heterocycles. The number of benzene rings is 1. The lowest BCUT2D eigenvalue weighted by molar-refractivity contribution is -0.143. The average Bonchev–Trinajstić information content (AvgIpc) is 2.41. The van der Waals surface area contributed by atoms with Gasteiger partial charge in [-0.2, -0.15) is 0 Å². The maximum absolute atomic E-state index is 12.3. The number of aromatic hydroxyl groups is 1. The Morgan fingerprint density at radius 1 is 1.32 bits per heavy atom. The van der Waals surface area contributed by atoms with E-state index in [1.165, 1.54) is 23.1 Å². The van der Waals surface area contributed by atoms with Gasteiger partial charge in [-0.05, 0) is 37.5 Å². The van der Waals surface area contributed by atoms with Crippen LogP contribution in [0, 0.1) is 0 Å². The van der Waals surface area contributed by atoms with Gasteiger partial charge in [0, 0.05) is 12.1 Å². The fourth-order valence-corrected chi connectivity index (χ4v) is 2.42. The smallest absolute Gasteiger partial charge is 0.326 e. The van der Waals surface area contributed by atoms with Gasteiger partial charge in [0.15, 0.2) is 0 Å². The average molecular weight is 284 g/mol. The first-order valence-corrected chi connectivity index (χ1v) is 6.41. The number of carbonyl (C=O) groups excluding carboxylic acids is 1. The third-order valence-electron chi connectivity index (χ3n) is 3.24. The second-order valence-corrected chi connectivity index (χ2v) is 4.92. The topological polar surface area (TPSA) is 77.8 Å². The Morgan fingerprint density at radius 3 is 2.68 bits per heavy atom. The molecule has 0 saturated carbocycles. The third-order valence-corrected chi connectivity index (χ3v) is 3.55. The van der Waals surface area contributed by atoms with Crippen LogP contribution in [-0.4, -0.2) is 39.6 Å². The summed E-state index contributed by atoms with van der Waals surface area (Å²) in [4.78, 5) is 24.8. The van der Waals surface area contributed by atoms with E-state index in [2.05, 4.69) is 0 Å². The number of carbonyl (C=O) groups is 2. The van der Waals surface area contributed by atoms with Crippen molar-refractivity contribution >= 4 is 23.5 Å². The predicted octanol–water partition coefficient (Wildman–Crippen LogP) is 2.12. The Hall–Kier alpha value is -1.75. The van der Waals surface area contributed by atoms with Crippen LogP contribution in [0.1, 0.15) is 29.6 Å². The van der Waals surface area contributed by atoms with Crippen LogP contribution >= 0.6 is 11.6 Å². The van der Waals surface area contributed by atoms with E-state index in [4.69, 9.17) is 16.7 Å². The molecule has 1 aromatic rings. The maximum Gasteiger partial charge on any atom is 0.326 e. The number of piperidine rings is 1. The van der Waals surface area contributed by atoms with Gasteiger partial charge in [-0.15, -0.1) is 0 Å². The van der Waals surface area contributed by atoms with Crippen molar-refractivity contribution in [2.45, 2.75) is 25.3 Å². The molecule has 102 valence electrons. The lowest BCUT2D eigenvalue weighted by Crippen LogP contribution is -2.47. The zero-order valence-corrected chi connectivity index (χ0v) is 10.9. The largest absolute Gasteiger partial charge is 0.506 e. The van der Waals surface area contributed by atoms with E-state index in [0.717, 1.165) is 12.8 Å². The molecule has 1 aliphatic rings. The van der Waals surface area contributed by atoms with Gasteiger partial charge in [-0.1, -0.05) is 11.6 Å². The normalized spacial score (nSPS) is 19.2. The number of hydrogen-bond acceptors (Lipinski definition) is 3. The molecule has 5 nitrogen and oxygen atoms in total. The number of carboxylic acids is 1. The Kier molecular flexibility index (Phi) is 3.95. The van der Waals surface area contributed by atoms with Crippen molar-refractivity contribution in [1.29, 1.82) is 0 Å². The van der Waals surface area contributed by atoms with Gasteiger partial charge in [-0.3, -0.25) is 4.79 Å². The van der Waals surface area contributed by atoms with E-state index >= 15 is 0 Å². The van der Waals surface area contributed by atoms with E-state index in [-0.39, 0.29) is 22.2 Å².